The highest BCUT2D eigenvalue weighted by atomic mass is 31.1. The number of benzene rings is 2. The van der Waals surface area contributed by atoms with Crippen LogP contribution in [0.2, 0.25) is 0 Å². The van der Waals surface area contributed by atoms with E-state index in [1.54, 1.807) is 0 Å². The van der Waals surface area contributed by atoms with Crippen molar-refractivity contribution in [2.24, 2.45) is 0 Å². The molecule has 0 aliphatic rings. The summed E-state index contributed by atoms with van der Waals surface area (Å²) in [5.74, 6) is 0. The van der Waals surface area contributed by atoms with Crippen LogP contribution in [0.1, 0.15) is 24.5 Å². The van der Waals surface area contributed by atoms with E-state index in [4.69, 9.17) is 0 Å². The maximum absolute atomic E-state index is 11.8. The first-order valence-corrected chi connectivity index (χ1v) is 6.60. The van der Waals surface area contributed by atoms with Gasteiger partial charge in [-0.25, -0.2) is 0 Å². The molecule has 17 heavy (non-hydrogen) atoms. The first kappa shape index (κ1) is 12.0. The minimum atomic E-state index is -0.414. The maximum atomic E-state index is 11.8. The van der Waals surface area contributed by atoms with Crippen LogP contribution < -0.4 is 0 Å². The van der Waals surface area contributed by atoms with Gasteiger partial charge in [-0.3, -0.25) is 4.57 Å². The summed E-state index contributed by atoms with van der Waals surface area (Å²) in [5, 5.41) is -0.414. The average Bonchev–Trinajstić information content (AvgIpc) is 2.43. The molecule has 0 N–H and O–H groups in total. The zero-order valence-electron chi connectivity index (χ0n) is 9.84. The molecule has 2 aromatic rings. The highest BCUT2D eigenvalue weighted by Crippen LogP contribution is 2.44. The van der Waals surface area contributed by atoms with Gasteiger partial charge in [0, 0.05) is 0 Å². The van der Waals surface area contributed by atoms with Crippen LogP contribution >= 0.6 is 8.46 Å². The van der Waals surface area contributed by atoms with Gasteiger partial charge in [0.05, 0.1) is 0 Å². The summed E-state index contributed by atoms with van der Waals surface area (Å²) in [6.45, 7) is 2.07. The lowest BCUT2D eigenvalue weighted by molar-refractivity contribution is 0.569. The molecular formula is C15H15OP. The summed E-state index contributed by atoms with van der Waals surface area (Å²) in [4.78, 5) is 0. The molecule has 86 valence electrons. The van der Waals surface area contributed by atoms with E-state index in [2.05, 4.69) is 6.92 Å². The number of hydrogen-bond acceptors (Lipinski definition) is 1. The van der Waals surface area contributed by atoms with Crippen LogP contribution in [0.3, 0.4) is 0 Å². The minimum absolute atomic E-state index is 0.149. The van der Waals surface area contributed by atoms with Crippen LogP contribution in [-0.2, 0) is 9.72 Å². The lowest BCUT2D eigenvalue weighted by Crippen LogP contribution is -2.19. The Kier molecular flexibility index (Phi) is 3.71. The molecule has 0 atom stereocenters. The van der Waals surface area contributed by atoms with Crippen LogP contribution in [0.25, 0.3) is 0 Å². The van der Waals surface area contributed by atoms with E-state index >= 15 is 0 Å². The van der Waals surface area contributed by atoms with Gasteiger partial charge in [-0.05, 0) is 17.5 Å². The van der Waals surface area contributed by atoms with Crippen molar-refractivity contribution in [2.75, 3.05) is 0 Å². The third kappa shape index (κ3) is 2.16. The monoisotopic (exact) mass is 242 g/mol. The minimum Gasteiger partial charge on any atom is -0.274 e. The molecule has 0 radical (unpaired) electrons. The second-order valence-corrected chi connectivity index (χ2v) is 4.98. The Bertz CT molecular complexity index is 439. The van der Waals surface area contributed by atoms with Crippen LogP contribution in [0.5, 0.6) is 0 Å². The lowest BCUT2D eigenvalue weighted by atomic mass is 9.88. The summed E-state index contributed by atoms with van der Waals surface area (Å²) in [7, 11) is 0.149. The predicted molar refractivity (Wildman–Crippen MR) is 71.6 cm³/mol. The molecule has 0 bridgehead atoms. The van der Waals surface area contributed by atoms with Crippen LogP contribution in [-0.4, -0.2) is 0 Å². The van der Waals surface area contributed by atoms with E-state index in [9.17, 15) is 4.57 Å². The Balaban J connectivity index is 2.58. The second-order valence-electron chi connectivity index (χ2n) is 4.04. The molecule has 0 aromatic heterocycles. The Morgan fingerprint density at radius 3 is 1.59 bits per heavy atom. The average molecular weight is 242 g/mol. The van der Waals surface area contributed by atoms with Crippen molar-refractivity contribution in [3.05, 3.63) is 71.8 Å². The molecule has 0 fully saturated rings. The molecule has 0 saturated carbocycles. The quantitative estimate of drug-likeness (QED) is 0.714. The number of hydrogen-bond donors (Lipinski definition) is 0. The van der Waals surface area contributed by atoms with Crippen molar-refractivity contribution < 1.29 is 4.57 Å². The van der Waals surface area contributed by atoms with E-state index in [0.717, 1.165) is 17.5 Å². The summed E-state index contributed by atoms with van der Waals surface area (Å²) >= 11 is 0. The Morgan fingerprint density at radius 1 is 0.882 bits per heavy atom. The molecule has 0 saturated heterocycles. The maximum Gasteiger partial charge on any atom is 0.171 e. The van der Waals surface area contributed by atoms with E-state index in [1.807, 2.05) is 60.7 Å². The van der Waals surface area contributed by atoms with E-state index < -0.39 is 5.16 Å². The summed E-state index contributed by atoms with van der Waals surface area (Å²) < 4.78 is 11.8. The molecule has 0 aliphatic carbocycles. The van der Waals surface area contributed by atoms with Gasteiger partial charge >= 0.3 is 0 Å². The standard InChI is InChI=1S/C15H15OP/c1-2-15(17-16,13-9-5-3-6-10-13)14-11-7-4-8-12-14/h3-12H,2H2,1H3. The lowest BCUT2D eigenvalue weighted by Gasteiger charge is -2.26. The fourth-order valence-electron chi connectivity index (χ4n) is 2.17. The molecule has 0 amide bonds. The number of rotatable bonds is 4. The Labute approximate surface area is 104 Å². The highest BCUT2D eigenvalue weighted by molar-refractivity contribution is 7.26. The van der Waals surface area contributed by atoms with Crippen molar-refractivity contribution in [3.8, 4) is 0 Å². The van der Waals surface area contributed by atoms with Crippen LogP contribution in [0.15, 0.2) is 60.7 Å². The third-order valence-electron chi connectivity index (χ3n) is 3.17. The summed E-state index contributed by atoms with van der Waals surface area (Å²) in [6.07, 6.45) is 0.812. The van der Waals surface area contributed by atoms with Gasteiger partial charge in [0.15, 0.2) is 8.46 Å². The Morgan fingerprint density at radius 2 is 1.29 bits per heavy atom. The first-order chi connectivity index (χ1) is 8.33. The smallest absolute Gasteiger partial charge is 0.171 e. The normalized spacial score (nSPS) is 11.6. The van der Waals surface area contributed by atoms with Gasteiger partial charge in [0.1, 0.15) is 5.16 Å². The zero-order valence-corrected chi connectivity index (χ0v) is 10.7. The van der Waals surface area contributed by atoms with E-state index in [0.29, 0.717) is 0 Å². The van der Waals surface area contributed by atoms with Crippen molar-refractivity contribution >= 4 is 8.46 Å². The SMILES string of the molecule is CCC(P=O)(c1ccccc1)c1ccccc1. The molecular weight excluding hydrogens is 227 g/mol. The molecule has 0 spiro atoms. The van der Waals surface area contributed by atoms with Crippen molar-refractivity contribution in [3.63, 3.8) is 0 Å². The summed E-state index contributed by atoms with van der Waals surface area (Å²) in [5.41, 5.74) is 2.20. The molecule has 2 rings (SSSR count). The molecule has 0 unspecified atom stereocenters. The van der Waals surface area contributed by atoms with Gasteiger partial charge < -0.3 is 0 Å². The molecule has 1 nitrogen and oxygen atoms in total. The van der Waals surface area contributed by atoms with E-state index in [1.165, 1.54) is 0 Å². The fraction of sp³-hybridized carbons (Fsp3) is 0.200. The van der Waals surface area contributed by atoms with Crippen molar-refractivity contribution in [2.45, 2.75) is 18.5 Å². The highest BCUT2D eigenvalue weighted by Gasteiger charge is 2.33. The topological polar surface area (TPSA) is 17.1 Å². The van der Waals surface area contributed by atoms with Gasteiger partial charge in [0.2, 0.25) is 0 Å². The van der Waals surface area contributed by atoms with Gasteiger partial charge in [0.25, 0.3) is 0 Å². The second kappa shape index (κ2) is 5.25. The fourth-order valence-corrected chi connectivity index (χ4v) is 2.81. The van der Waals surface area contributed by atoms with Crippen LogP contribution in [0, 0.1) is 0 Å². The molecule has 0 aliphatic heterocycles. The van der Waals surface area contributed by atoms with Crippen molar-refractivity contribution in [1.82, 2.24) is 0 Å². The van der Waals surface area contributed by atoms with Crippen LogP contribution in [0.4, 0.5) is 0 Å². The van der Waals surface area contributed by atoms with Gasteiger partial charge in [-0.15, -0.1) is 0 Å². The third-order valence-corrected chi connectivity index (χ3v) is 4.31. The molecule has 0 heterocycles. The van der Waals surface area contributed by atoms with Gasteiger partial charge in [-0.1, -0.05) is 67.6 Å². The van der Waals surface area contributed by atoms with E-state index in [-0.39, 0.29) is 8.46 Å². The van der Waals surface area contributed by atoms with Crippen molar-refractivity contribution in [1.29, 1.82) is 0 Å². The summed E-state index contributed by atoms with van der Waals surface area (Å²) in [6, 6.07) is 20.1. The molecule has 2 aromatic carbocycles. The zero-order chi connectivity index (χ0) is 12.1. The first-order valence-electron chi connectivity index (χ1n) is 5.79. The predicted octanol–water partition coefficient (Wildman–Crippen LogP) is 4.63. The molecule has 2 heteroatoms. The largest absolute Gasteiger partial charge is 0.274 e. The van der Waals surface area contributed by atoms with Gasteiger partial charge in [-0.2, -0.15) is 0 Å². The Hall–Kier alpha value is -1.46.